The highest BCUT2D eigenvalue weighted by molar-refractivity contribution is 9.09. The average Bonchev–Trinajstić information content (AvgIpc) is 2.80. The van der Waals surface area contributed by atoms with Crippen molar-refractivity contribution in [1.29, 1.82) is 0 Å². The van der Waals surface area contributed by atoms with Gasteiger partial charge in [-0.1, -0.05) is 29.8 Å². The number of anilines is 1. The van der Waals surface area contributed by atoms with Crippen LogP contribution in [0.1, 0.15) is 20.3 Å². The highest BCUT2D eigenvalue weighted by atomic mass is 79.9. The lowest BCUT2D eigenvalue weighted by Crippen LogP contribution is -2.18. The van der Waals surface area contributed by atoms with Crippen molar-refractivity contribution in [1.82, 2.24) is 19.5 Å². The minimum atomic E-state index is -0.0968. The summed E-state index contributed by atoms with van der Waals surface area (Å²) in [5.74, 6) is 0.303. The second-order valence-electron chi connectivity index (χ2n) is 4.52. The Morgan fingerprint density at radius 1 is 1.42 bits per heavy atom. The van der Waals surface area contributed by atoms with Gasteiger partial charge in [-0.2, -0.15) is 0 Å². The summed E-state index contributed by atoms with van der Waals surface area (Å²) in [5, 5.41) is 3.70. The van der Waals surface area contributed by atoms with E-state index in [0.29, 0.717) is 11.3 Å². The summed E-state index contributed by atoms with van der Waals surface area (Å²) in [4.78, 5) is 24.3. The van der Waals surface area contributed by atoms with Crippen molar-refractivity contribution in [3.8, 4) is 0 Å². The molecule has 2 rings (SSSR count). The molecule has 0 aliphatic rings. The van der Waals surface area contributed by atoms with Gasteiger partial charge in [-0.25, -0.2) is 15.0 Å². The fraction of sp³-hybridized carbons (Fsp3) is 0.500. The van der Waals surface area contributed by atoms with E-state index in [2.05, 4.69) is 36.2 Å². The summed E-state index contributed by atoms with van der Waals surface area (Å²) in [5.41, 5.74) is 1.38. The number of alkyl halides is 1. The van der Waals surface area contributed by atoms with E-state index in [9.17, 15) is 4.79 Å². The molecule has 0 atom stereocenters. The molecule has 2 aromatic rings. The van der Waals surface area contributed by atoms with E-state index in [0.717, 1.165) is 23.9 Å². The average molecular weight is 326 g/mol. The van der Waals surface area contributed by atoms with E-state index in [1.807, 2.05) is 18.4 Å². The first-order valence-corrected chi connectivity index (χ1v) is 7.28. The summed E-state index contributed by atoms with van der Waals surface area (Å²) in [6, 6.07) is 0. The smallest absolute Gasteiger partial charge is 0.228 e. The standard InChI is InChI=1S/C12H16BrN5O/c1-8(2)12(19)17-10-9-11(15-6-14-10)18(7-16-9)5-3-4-13/h6-8H,3-5H2,1-2H3,(H,14,15,17,19). The molecule has 2 aromatic heterocycles. The fourth-order valence-electron chi connectivity index (χ4n) is 1.63. The molecule has 19 heavy (non-hydrogen) atoms. The lowest BCUT2D eigenvalue weighted by molar-refractivity contribution is -0.118. The molecule has 0 bridgehead atoms. The third-order valence-corrected chi connectivity index (χ3v) is 3.26. The largest absolute Gasteiger partial charge is 0.315 e. The van der Waals surface area contributed by atoms with Crippen molar-refractivity contribution in [2.45, 2.75) is 26.8 Å². The predicted octanol–water partition coefficient (Wildman–Crippen LogP) is 2.21. The summed E-state index contributed by atoms with van der Waals surface area (Å²) < 4.78 is 1.96. The Morgan fingerprint density at radius 3 is 2.89 bits per heavy atom. The first-order chi connectivity index (χ1) is 9.13. The molecular weight excluding hydrogens is 310 g/mol. The number of amides is 1. The number of imidazole rings is 1. The van der Waals surface area contributed by atoms with Crippen LogP contribution in [0.2, 0.25) is 0 Å². The van der Waals surface area contributed by atoms with Crippen molar-refractivity contribution in [3.63, 3.8) is 0 Å². The number of carbonyl (C=O) groups is 1. The number of rotatable bonds is 5. The molecular formula is C12H16BrN5O. The van der Waals surface area contributed by atoms with Gasteiger partial charge in [-0.05, 0) is 6.42 Å². The highest BCUT2D eigenvalue weighted by Crippen LogP contribution is 2.18. The van der Waals surface area contributed by atoms with E-state index >= 15 is 0 Å². The van der Waals surface area contributed by atoms with E-state index in [-0.39, 0.29) is 11.8 Å². The molecule has 0 aromatic carbocycles. The lowest BCUT2D eigenvalue weighted by atomic mass is 10.2. The van der Waals surface area contributed by atoms with Crippen molar-refractivity contribution >= 4 is 38.8 Å². The number of aromatic nitrogens is 4. The van der Waals surface area contributed by atoms with Crippen LogP contribution in [0.5, 0.6) is 0 Å². The molecule has 2 heterocycles. The van der Waals surface area contributed by atoms with Gasteiger partial charge in [0.2, 0.25) is 5.91 Å². The van der Waals surface area contributed by atoms with Gasteiger partial charge >= 0.3 is 0 Å². The Kier molecular flexibility index (Phi) is 4.47. The Hall–Kier alpha value is -1.50. The van der Waals surface area contributed by atoms with E-state index < -0.39 is 0 Å². The summed E-state index contributed by atoms with van der Waals surface area (Å²) in [6.07, 6.45) is 4.17. The second kappa shape index (κ2) is 6.10. The van der Waals surface area contributed by atoms with Gasteiger partial charge in [0.05, 0.1) is 6.33 Å². The lowest BCUT2D eigenvalue weighted by Gasteiger charge is -2.07. The predicted molar refractivity (Wildman–Crippen MR) is 77.2 cm³/mol. The molecule has 0 aliphatic carbocycles. The van der Waals surface area contributed by atoms with Gasteiger partial charge in [-0.3, -0.25) is 4.79 Å². The van der Waals surface area contributed by atoms with E-state index in [1.54, 1.807) is 6.33 Å². The summed E-state index contributed by atoms with van der Waals surface area (Å²) in [6.45, 7) is 4.50. The molecule has 0 radical (unpaired) electrons. The summed E-state index contributed by atoms with van der Waals surface area (Å²) >= 11 is 3.40. The van der Waals surface area contributed by atoms with Crippen LogP contribution in [-0.4, -0.2) is 30.8 Å². The molecule has 102 valence electrons. The molecule has 6 nitrogen and oxygen atoms in total. The molecule has 0 spiro atoms. The monoisotopic (exact) mass is 325 g/mol. The number of nitrogens with zero attached hydrogens (tertiary/aromatic N) is 4. The maximum absolute atomic E-state index is 11.7. The normalized spacial score (nSPS) is 11.2. The maximum atomic E-state index is 11.7. The fourth-order valence-corrected chi connectivity index (χ4v) is 1.88. The Morgan fingerprint density at radius 2 is 2.21 bits per heavy atom. The molecule has 0 fully saturated rings. The van der Waals surface area contributed by atoms with Gasteiger partial charge in [0, 0.05) is 17.8 Å². The Balaban J connectivity index is 2.31. The highest BCUT2D eigenvalue weighted by Gasteiger charge is 2.14. The van der Waals surface area contributed by atoms with Gasteiger partial charge in [0.15, 0.2) is 17.0 Å². The molecule has 0 aliphatic heterocycles. The van der Waals surface area contributed by atoms with Gasteiger partial charge in [0.25, 0.3) is 0 Å². The van der Waals surface area contributed by atoms with Crippen LogP contribution in [-0.2, 0) is 11.3 Å². The molecule has 7 heteroatoms. The van der Waals surface area contributed by atoms with Crippen molar-refractivity contribution in [2.75, 3.05) is 10.6 Å². The van der Waals surface area contributed by atoms with Gasteiger partial charge in [-0.15, -0.1) is 0 Å². The third kappa shape index (κ3) is 3.09. The molecule has 0 saturated heterocycles. The topological polar surface area (TPSA) is 72.7 Å². The minimum absolute atomic E-state index is 0.0741. The molecule has 0 unspecified atom stereocenters. The molecule has 1 amide bonds. The van der Waals surface area contributed by atoms with Crippen molar-refractivity contribution in [3.05, 3.63) is 12.7 Å². The molecule has 0 saturated carbocycles. The van der Waals surface area contributed by atoms with E-state index in [1.165, 1.54) is 6.33 Å². The first-order valence-electron chi connectivity index (χ1n) is 6.16. The number of hydrogen-bond donors (Lipinski definition) is 1. The number of nitrogens with one attached hydrogen (secondary N) is 1. The number of halogens is 1. The van der Waals surface area contributed by atoms with Crippen LogP contribution in [0, 0.1) is 5.92 Å². The number of carbonyl (C=O) groups excluding carboxylic acids is 1. The Labute approximate surface area is 119 Å². The van der Waals surface area contributed by atoms with Crippen LogP contribution in [0.15, 0.2) is 12.7 Å². The second-order valence-corrected chi connectivity index (χ2v) is 5.31. The van der Waals surface area contributed by atoms with Gasteiger partial charge in [0.1, 0.15) is 6.33 Å². The zero-order valence-electron chi connectivity index (χ0n) is 10.9. The van der Waals surface area contributed by atoms with Crippen LogP contribution >= 0.6 is 15.9 Å². The SMILES string of the molecule is CC(C)C(=O)Nc1ncnc2c1ncn2CCCBr. The molecule has 1 N–H and O–H groups in total. The van der Waals surface area contributed by atoms with Crippen LogP contribution < -0.4 is 5.32 Å². The van der Waals surface area contributed by atoms with Gasteiger partial charge < -0.3 is 9.88 Å². The third-order valence-electron chi connectivity index (χ3n) is 2.70. The maximum Gasteiger partial charge on any atom is 0.228 e. The Bertz CT molecular complexity index is 581. The van der Waals surface area contributed by atoms with Crippen LogP contribution in [0.25, 0.3) is 11.2 Å². The van der Waals surface area contributed by atoms with E-state index in [4.69, 9.17) is 0 Å². The quantitative estimate of drug-likeness (QED) is 0.855. The minimum Gasteiger partial charge on any atom is -0.315 e. The summed E-state index contributed by atoms with van der Waals surface area (Å²) in [7, 11) is 0. The zero-order valence-corrected chi connectivity index (χ0v) is 12.5. The van der Waals surface area contributed by atoms with Crippen molar-refractivity contribution in [2.24, 2.45) is 5.92 Å². The number of hydrogen-bond acceptors (Lipinski definition) is 4. The van der Waals surface area contributed by atoms with Crippen LogP contribution in [0.3, 0.4) is 0 Å². The van der Waals surface area contributed by atoms with Crippen LogP contribution in [0.4, 0.5) is 5.82 Å². The first kappa shape index (κ1) is 13.9. The number of aryl methyl sites for hydroxylation is 1. The van der Waals surface area contributed by atoms with Crippen molar-refractivity contribution < 1.29 is 4.79 Å². The zero-order chi connectivity index (χ0) is 13.8. The number of fused-ring (bicyclic) bond motifs is 1.